The van der Waals surface area contributed by atoms with Gasteiger partial charge in [0.1, 0.15) is 18.3 Å². The van der Waals surface area contributed by atoms with E-state index in [0.29, 0.717) is 12.3 Å². The Morgan fingerprint density at radius 1 is 1.30 bits per heavy atom. The maximum Gasteiger partial charge on any atom is 0.280 e. The zero-order valence-corrected chi connectivity index (χ0v) is 19.6. The van der Waals surface area contributed by atoms with Crippen molar-refractivity contribution in [1.29, 1.82) is 0 Å². The van der Waals surface area contributed by atoms with Gasteiger partial charge in [-0.25, -0.2) is 4.98 Å². The maximum atomic E-state index is 12.2. The lowest BCUT2D eigenvalue weighted by Gasteiger charge is -2.37. The van der Waals surface area contributed by atoms with Crippen LogP contribution in [0.3, 0.4) is 0 Å². The van der Waals surface area contributed by atoms with Crippen LogP contribution in [0.5, 0.6) is 0 Å². The number of nitrogen functional groups attached to an aromatic ring is 1. The van der Waals surface area contributed by atoms with Crippen LogP contribution in [0, 0.1) is 0 Å². The van der Waals surface area contributed by atoms with Gasteiger partial charge in [0.2, 0.25) is 5.95 Å². The van der Waals surface area contributed by atoms with E-state index in [2.05, 4.69) is 48.8 Å². The first-order valence-corrected chi connectivity index (χ1v) is 13.1. The van der Waals surface area contributed by atoms with Crippen LogP contribution in [-0.4, -0.2) is 58.5 Å². The lowest BCUT2D eigenvalue weighted by molar-refractivity contribution is -0.199. The van der Waals surface area contributed by atoms with E-state index >= 15 is 0 Å². The molecule has 4 heterocycles. The monoisotopic (exact) mass is 437 g/mol. The molecule has 0 bridgehead atoms. The van der Waals surface area contributed by atoms with Crippen molar-refractivity contribution >= 4 is 25.4 Å². The number of aromatic amines is 1. The Labute approximate surface area is 176 Å². The molecule has 0 amide bonds. The highest BCUT2D eigenvalue weighted by Gasteiger charge is 2.56. The lowest BCUT2D eigenvalue weighted by Crippen LogP contribution is -2.44. The molecule has 0 aliphatic carbocycles. The first kappa shape index (κ1) is 21.4. The third-order valence-corrected chi connectivity index (χ3v) is 10.8. The lowest BCUT2D eigenvalue weighted by atomic mass is 10.1. The molecule has 0 unspecified atom stereocenters. The molecule has 2 aliphatic rings. The fourth-order valence-corrected chi connectivity index (χ4v) is 4.67. The average Bonchev–Trinajstić information content (AvgIpc) is 3.23. The SMILES string of the molecule is CC1(C)O[C@@H]2[C@H](O1)[C@@H](n1cnc3c(=O)[nH]c(N)nc31)O[C@H]2CO[Si](C)(C)C(C)(C)C. The van der Waals surface area contributed by atoms with Crippen molar-refractivity contribution in [2.45, 2.75) is 83.1 Å². The number of rotatable bonds is 4. The summed E-state index contributed by atoms with van der Waals surface area (Å²) in [5.41, 5.74) is 5.89. The Morgan fingerprint density at radius 2 is 1.97 bits per heavy atom. The Kier molecular flexibility index (Phi) is 4.90. The van der Waals surface area contributed by atoms with Gasteiger partial charge < -0.3 is 24.4 Å². The topological polar surface area (TPSA) is 127 Å². The van der Waals surface area contributed by atoms with Crippen molar-refractivity contribution in [2.75, 3.05) is 12.3 Å². The minimum atomic E-state index is -1.97. The Morgan fingerprint density at radius 3 is 2.63 bits per heavy atom. The normalized spacial score (nSPS) is 28.9. The van der Waals surface area contributed by atoms with E-state index in [0.717, 1.165) is 0 Å². The van der Waals surface area contributed by atoms with E-state index in [1.165, 1.54) is 6.33 Å². The van der Waals surface area contributed by atoms with E-state index < -0.39 is 32.0 Å². The molecule has 166 valence electrons. The van der Waals surface area contributed by atoms with Crippen LogP contribution in [0.4, 0.5) is 5.95 Å². The molecule has 2 saturated heterocycles. The van der Waals surface area contributed by atoms with Crippen LogP contribution < -0.4 is 11.3 Å². The van der Waals surface area contributed by atoms with Crippen molar-refractivity contribution in [1.82, 2.24) is 19.5 Å². The molecule has 0 saturated carbocycles. The highest BCUT2D eigenvalue weighted by molar-refractivity contribution is 6.74. The van der Waals surface area contributed by atoms with Gasteiger partial charge in [-0.05, 0) is 32.0 Å². The van der Waals surface area contributed by atoms with Gasteiger partial charge in [0.15, 0.2) is 31.5 Å². The van der Waals surface area contributed by atoms with E-state index in [1.54, 1.807) is 4.57 Å². The Hall–Kier alpha value is -1.79. The van der Waals surface area contributed by atoms with Gasteiger partial charge >= 0.3 is 0 Å². The molecule has 4 rings (SSSR count). The van der Waals surface area contributed by atoms with E-state index in [9.17, 15) is 4.79 Å². The predicted octanol–water partition coefficient (Wildman–Crippen LogP) is 2.14. The highest BCUT2D eigenvalue weighted by atomic mass is 28.4. The number of fused-ring (bicyclic) bond motifs is 2. The van der Waals surface area contributed by atoms with Crippen LogP contribution in [-0.2, 0) is 18.6 Å². The molecule has 0 spiro atoms. The van der Waals surface area contributed by atoms with Crippen LogP contribution in [0.1, 0.15) is 40.8 Å². The zero-order valence-electron chi connectivity index (χ0n) is 18.6. The second-order valence-electron chi connectivity index (χ2n) is 9.98. The van der Waals surface area contributed by atoms with Gasteiger partial charge in [0, 0.05) is 0 Å². The third kappa shape index (κ3) is 3.58. The van der Waals surface area contributed by atoms with Crippen LogP contribution in [0.25, 0.3) is 11.2 Å². The summed E-state index contributed by atoms with van der Waals surface area (Å²) >= 11 is 0. The quantitative estimate of drug-likeness (QED) is 0.697. The third-order valence-electron chi connectivity index (χ3n) is 6.26. The van der Waals surface area contributed by atoms with E-state index in [-0.39, 0.29) is 28.7 Å². The van der Waals surface area contributed by atoms with Gasteiger partial charge in [-0.1, -0.05) is 20.8 Å². The fourth-order valence-electron chi connectivity index (χ4n) is 3.65. The van der Waals surface area contributed by atoms with Crippen molar-refractivity contribution < 1.29 is 18.6 Å². The molecule has 2 fully saturated rings. The van der Waals surface area contributed by atoms with Crippen LogP contribution in [0.2, 0.25) is 18.1 Å². The number of aromatic nitrogens is 4. The summed E-state index contributed by atoms with van der Waals surface area (Å²) in [6.07, 6.45) is -0.0738. The average molecular weight is 438 g/mol. The van der Waals surface area contributed by atoms with Crippen LogP contribution in [0.15, 0.2) is 11.1 Å². The summed E-state index contributed by atoms with van der Waals surface area (Å²) in [5, 5.41) is 0.0831. The number of nitrogens with one attached hydrogen (secondary N) is 1. The number of hydrogen-bond acceptors (Lipinski definition) is 8. The van der Waals surface area contributed by atoms with Gasteiger partial charge in [0.05, 0.1) is 12.9 Å². The molecule has 2 aromatic rings. The molecule has 30 heavy (non-hydrogen) atoms. The number of imidazole rings is 1. The first-order valence-electron chi connectivity index (χ1n) is 10.2. The summed E-state index contributed by atoms with van der Waals surface area (Å²) in [6.45, 7) is 15.2. The molecule has 4 atom stereocenters. The Bertz CT molecular complexity index is 1010. The smallest absolute Gasteiger partial charge is 0.280 e. The number of anilines is 1. The second-order valence-corrected chi connectivity index (χ2v) is 14.8. The van der Waals surface area contributed by atoms with Crippen molar-refractivity contribution in [3.8, 4) is 0 Å². The molecule has 10 nitrogen and oxygen atoms in total. The van der Waals surface area contributed by atoms with Gasteiger partial charge in [-0.15, -0.1) is 0 Å². The van der Waals surface area contributed by atoms with Crippen molar-refractivity contribution in [2.24, 2.45) is 0 Å². The summed E-state index contributed by atoms with van der Waals surface area (Å²) < 4.78 is 26.8. The molecular weight excluding hydrogens is 406 g/mol. The standard InChI is InChI=1S/C19H31N5O5Si/c1-18(2,3)30(6,7)26-8-10-12-13(29-19(4,5)28-12)16(27-10)24-9-21-11-14(24)22-17(20)23-15(11)25/h9-10,12-13,16H,8H2,1-7H3,(H3,20,22,23,25)/t10-,12-,13-,16-/m0/s1. The molecule has 2 aliphatic heterocycles. The molecule has 0 aromatic carbocycles. The van der Waals surface area contributed by atoms with E-state index in [1.807, 2.05) is 13.8 Å². The van der Waals surface area contributed by atoms with Gasteiger partial charge in [0.25, 0.3) is 5.56 Å². The van der Waals surface area contributed by atoms with Gasteiger partial charge in [-0.3, -0.25) is 14.3 Å². The second kappa shape index (κ2) is 6.86. The zero-order chi connectivity index (χ0) is 22.1. The maximum absolute atomic E-state index is 12.2. The minimum Gasteiger partial charge on any atom is -0.414 e. The number of nitrogens with two attached hydrogens (primary N) is 1. The summed E-state index contributed by atoms with van der Waals surface area (Å²) in [6, 6.07) is 0. The van der Waals surface area contributed by atoms with E-state index in [4.69, 9.17) is 24.4 Å². The summed E-state index contributed by atoms with van der Waals surface area (Å²) in [4.78, 5) is 23.1. The molecule has 2 aromatic heterocycles. The predicted molar refractivity (Wildman–Crippen MR) is 113 cm³/mol. The Balaban J connectivity index is 1.65. The number of H-pyrrole nitrogens is 1. The molecule has 3 N–H and O–H groups in total. The summed E-state index contributed by atoms with van der Waals surface area (Å²) in [5.74, 6) is -0.738. The number of nitrogens with zero attached hydrogens (tertiary/aromatic N) is 3. The first-order chi connectivity index (χ1) is 13.8. The molecule has 11 heteroatoms. The fraction of sp³-hybridized carbons (Fsp3) is 0.737. The summed E-state index contributed by atoms with van der Waals surface area (Å²) in [7, 11) is -1.97. The van der Waals surface area contributed by atoms with Gasteiger partial charge in [-0.2, -0.15) is 4.98 Å². The molecule has 0 radical (unpaired) electrons. The van der Waals surface area contributed by atoms with Crippen molar-refractivity contribution in [3.05, 3.63) is 16.7 Å². The number of hydrogen-bond donors (Lipinski definition) is 2. The minimum absolute atomic E-state index is 0.0190. The van der Waals surface area contributed by atoms with Crippen LogP contribution >= 0.6 is 0 Å². The molecular formula is C19H31N5O5Si. The largest absolute Gasteiger partial charge is 0.414 e. The van der Waals surface area contributed by atoms with Crippen molar-refractivity contribution in [3.63, 3.8) is 0 Å². The number of ether oxygens (including phenoxy) is 3. The highest BCUT2D eigenvalue weighted by Crippen LogP contribution is 2.44.